The molecule has 1 N–H and O–H groups in total. The fourth-order valence-electron chi connectivity index (χ4n) is 1.40. The lowest BCUT2D eigenvalue weighted by Gasteiger charge is -2.08. The smallest absolute Gasteiger partial charge is 0.200 e. The standard InChI is InChI=1S/C9H5F4N3S/c1-3-14-15-9(17)16(3)8-6(12)4(10)2-5(11)7(8)13/h2H,1H3,(H,15,17). The number of nitrogens with zero attached hydrogens (tertiary/aromatic N) is 2. The molecule has 0 unspecified atom stereocenters. The Bertz CT molecular complexity index is 620. The Morgan fingerprint density at radius 3 is 2.12 bits per heavy atom. The number of halogens is 4. The van der Waals surface area contributed by atoms with Crippen LogP contribution >= 0.6 is 12.2 Å². The number of hydrogen-bond donors (Lipinski definition) is 1. The molecule has 1 heterocycles. The first-order chi connectivity index (χ1) is 7.93. The minimum absolute atomic E-state index is 0.0813. The zero-order chi connectivity index (χ0) is 12.7. The molecule has 90 valence electrons. The minimum Gasteiger partial charge on any atom is -0.266 e. The highest BCUT2D eigenvalue weighted by molar-refractivity contribution is 7.71. The summed E-state index contributed by atoms with van der Waals surface area (Å²) in [5.41, 5.74) is -0.918. The van der Waals surface area contributed by atoms with Gasteiger partial charge < -0.3 is 0 Å². The number of rotatable bonds is 1. The second-order valence-corrected chi connectivity index (χ2v) is 3.61. The monoisotopic (exact) mass is 263 g/mol. The SMILES string of the molecule is Cc1n[nH]c(=S)n1-c1c(F)c(F)cc(F)c1F. The number of H-pyrrole nitrogens is 1. The van der Waals surface area contributed by atoms with Crippen molar-refractivity contribution >= 4 is 12.2 Å². The molecule has 0 spiro atoms. The summed E-state index contributed by atoms with van der Waals surface area (Å²) in [6.07, 6.45) is 0. The first-order valence-electron chi connectivity index (χ1n) is 4.41. The van der Waals surface area contributed by atoms with Crippen LogP contribution in [-0.4, -0.2) is 14.8 Å². The predicted octanol–water partition coefficient (Wildman–Crippen LogP) is 2.79. The third-order valence-electron chi connectivity index (χ3n) is 2.15. The normalized spacial score (nSPS) is 10.9. The molecule has 2 rings (SSSR count). The van der Waals surface area contributed by atoms with Gasteiger partial charge in [0.15, 0.2) is 28.0 Å². The molecule has 0 fully saturated rings. The average Bonchev–Trinajstić information content (AvgIpc) is 2.58. The molecule has 1 aromatic carbocycles. The Labute approximate surface area is 97.7 Å². The summed E-state index contributed by atoms with van der Waals surface area (Å²) >= 11 is 4.73. The topological polar surface area (TPSA) is 33.6 Å². The van der Waals surface area contributed by atoms with Crippen LogP contribution in [0.3, 0.4) is 0 Å². The summed E-state index contributed by atoms with van der Waals surface area (Å²) in [7, 11) is 0. The highest BCUT2D eigenvalue weighted by Gasteiger charge is 2.22. The van der Waals surface area contributed by atoms with Crippen LogP contribution in [0.2, 0.25) is 0 Å². The van der Waals surface area contributed by atoms with Crippen LogP contribution in [0.15, 0.2) is 6.07 Å². The number of aryl methyl sites for hydroxylation is 1. The van der Waals surface area contributed by atoms with Crippen molar-refractivity contribution in [1.29, 1.82) is 0 Å². The number of hydrogen-bond acceptors (Lipinski definition) is 2. The molecule has 0 aliphatic rings. The lowest BCUT2D eigenvalue weighted by Crippen LogP contribution is -2.08. The molecular formula is C9H5F4N3S. The molecule has 2 aromatic rings. The maximum absolute atomic E-state index is 13.5. The second-order valence-electron chi connectivity index (χ2n) is 3.23. The van der Waals surface area contributed by atoms with E-state index in [9.17, 15) is 17.6 Å². The van der Waals surface area contributed by atoms with Gasteiger partial charge >= 0.3 is 0 Å². The van der Waals surface area contributed by atoms with Crippen LogP contribution in [0.4, 0.5) is 17.6 Å². The number of aromatic amines is 1. The summed E-state index contributed by atoms with van der Waals surface area (Å²) in [6, 6.07) is 0.132. The molecule has 3 nitrogen and oxygen atoms in total. The van der Waals surface area contributed by atoms with Crippen molar-refractivity contribution in [2.45, 2.75) is 6.92 Å². The van der Waals surface area contributed by atoms with Crippen molar-refractivity contribution in [3.63, 3.8) is 0 Å². The lowest BCUT2D eigenvalue weighted by molar-refractivity contribution is 0.446. The average molecular weight is 263 g/mol. The van der Waals surface area contributed by atoms with Crippen molar-refractivity contribution in [2.75, 3.05) is 0 Å². The molecular weight excluding hydrogens is 258 g/mol. The van der Waals surface area contributed by atoms with Gasteiger partial charge in [0, 0.05) is 6.07 Å². The van der Waals surface area contributed by atoms with Crippen molar-refractivity contribution in [2.24, 2.45) is 0 Å². The zero-order valence-corrected chi connectivity index (χ0v) is 9.21. The van der Waals surface area contributed by atoms with Crippen LogP contribution in [0.25, 0.3) is 5.69 Å². The van der Waals surface area contributed by atoms with E-state index in [2.05, 4.69) is 10.2 Å². The molecule has 8 heteroatoms. The van der Waals surface area contributed by atoms with Crippen molar-refractivity contribution in [3.8, 4) is 5.69 Å². The third-order valence-corrected chi connectivity index (χ3v) is 2.43. The summed E-state index contributed by atoms with van der Waals surface area (Å²) in [5.74, 6) is -5.96. The van der Waals surface area contributed by atoms with Gasteiger partial charge in [-0.1, -0.05) is 0 Å². The molecule has 17 heavy (non-hydrogen) atoms. The zero-order valence-electron chi connectivity index (χ0n) is 8.39. The maximum atomic E-state index is 13.5. The Morgan fingerprint density at radius 1 is 1.18 bits per heavy atom. The van der Waals surface area contributed by atoms with Gasteiger partial charge in [-0.05, 0) is 19.1 Å². The van der Waals surface area contributed by atoms with E-state index in [1.807, 2.05) is 0 Å². The van der Waals surface area contributed by atoms with Gasteiger partial charge in [-0.25, -0.2) is 17.6 Å². The predicted molar refractivity (Wildman–Crippen MR) is 53.3 cm³/mol. The molecule has 0 radical (unpaired) electrons. The second kappa shape index (κ2) is 3.95. The van der Waals surface area contributed by atoms with E-state index in [0.717, 1.165) is 4.57 Å². The minimum atomic E-state index is -1.52. The van der Waals surface area contributed by atoms with E-state index in [-0.39, 0.29) is 16.7 Å². The first-order valence-corrected chi connectivity index (χ1v) is 4.81. The quantitative estimate of drug-likeness (QED) is 0.487. The van der Waals surface area contributed by atoms with E-state index < -0.39 is 29.0 Å². The molecule has 1 aromatic heterocycles. The van der Waals surface area contributed by atoms with Crippen LogP contribution in [0.5, 0.6) is 0 Å². The van der Waals surface area contributed by atoms with Crippen LogP contribution in [0.1, 0.15) is 5.82 Å². The first kappa shape index (κ1) is 11.8. The summed E-state index contributed by atoms with van der Waals surface area (Å²) in [6.45, 7) is 1.38. The number of benzene rings is 1. The fourth-order valence-corrected chi connectivity index (χ4v) is 1.66. The molecule has 0 aliphatic heterocycles. The van der Waals surface area contributed by atoms with Gasteiger partial charge in [-0.15, -0.1) is 0 Å². The molecule has 0 saturated carbocycles. The number of nitrogens with one attached hydrogen (secondary N) is 1. The van der Waals surface area contributed by atoms with Crippen molar-refractivity contribution in [3.05, 3.63) is 39.9 Å². The summed E-state index contributed by atoms with van der Waals surface area (Å²) in [5, 5.41) is 5.87. The van der Waals surface area contributed by atoms with Crippen LogP contribution in [-0.2, 0) is 0 Å². The van der Waals surface area contributed by atoms with Gasteiger partial charge in [-0.2, -0.15) is 5.10 Å². The Hall–Kier alpha value is -1.70. The third kappa shape index (κ3) is 1.74. The Morgan fingerprint density at radius 2 is 1.71 bits per heavy atom. The summed E-state index contributed by atoms with van der Waals surface area (Å²) in [4.78, 5) is 0. The largest absolute Gasteiger partial charge is 0.266 e. The van der Waals surface area contributed by atoms with Crippen molar-refractivity contribution in [1.82, 2.24) is 14.8 Å². The van der Waals surface area contributed by atoms with Gasteiger partial charge in [0.05, 0.1) is 0 Å². The van der Waals surface area contributed by atoms with E-state index in [1.165, 1.54) is 6.92 Å². The lowest BCUT2D eigenvalue weighted by atomic mass is 10.2. The van der Waals surface area contributed by atoms with Gasteiger partial charge in [-0.3, -0.25) is 9.67 Å². The highest BCUT2D eigenvalue weighted by Crippen LogP contribution is 2.23. The molecule has 0 amide bonds. The molecule has 0 atom stereocenters. The van der Waals surface area contributed by atoms with Crippen LogP contribution < -0.4 is 0 Å². The Kier molecular flexibility index (Phi) is 2.74. The van der Waals surface area contributed by atoms with E-state index in [4.69, 9.17) is 12.2 Å². The van der Waals surface area contributed by atoms with E-state index in [0.29, 0.717) is 0 Å². The maximum Gasteiger partial charge on any atom is 0.200 e. The molecule has 0 bridgehead atoms. The molecule has 0 saturated heterocycles. The Balaban J connectivity index is 2.89. The van der Waals surface area contributed by atoms with Gasteiger partial charge in [0.1, 0.15) is 11.5 Å². The van der Waals surface area contributed by atoms with E-state index >= 15 is 0 Å². The fraction of sp³-hybridized carbons (Fsp3) is 0.111. The summed E-state index contributed by atoms with van der Waals surface area (Å²) < 4.78 is 53.6. The van der Waals surface area contributed by atoms with Crippen molar-refractivity contribution < 1.29 is 17.6 Å². The number of aromatic nitrogens is 3. The van der Waals surface area contributed by atoms with E-state index in [1.54, 1.807) is 0 Å². The van der Waals surface area contributed by atoms with Crippen LogP contribution in [0, 0.1) is 35.0 Å². The molecule has 0 aliphatic carbocycles. The van der Waals surface area contributed by atoms with Gasteiger partial charge in [0.2, 0.25) is 0 Å². The van der Waals surface area contributed by atoms with Gasteiger partial charge in [0.25, 0.3) is 0 Å². The highest BCUT2D eigenvalue weighted by atomic mass is 32.1.